The van der Waals surface area contributed by atoms with Gasteiger partial charge >= 0.3 is 0 Å². The first-order chi connectivity index (χ1) is 9.90. The molecule has 1 fully saturated rings. The molecule has 0 spiro atoms. The Morgan fingerprint density at radius 1 is 1.05 bits per heavy atom. The van der Waals surface area contributed by atoms with Crippen molar-refractivity contribution in [1.82, 2.24) is 4.98 Å². The minimum atomic E-state index is 0.645. The van der Waals surface area contributed by atoms with Crippen molar-refractivity contribution < 1.29 is 0 Å². The molecule has 1 aromatic heterocycles. The number of hydrogen-bond donors (Lipinski definition) is 1. The maximum Gasteiger partial charge on any atom is 0.183 e. The molecule has 1 heterocycles. The molecule has 20 heavy (non-hydrogen) atoms. The van der Waals surface area contributed by atoms with Crippen molar-refractivity contribution in [3.63, 3.8) is 0 Å². The van der Waals surface area contributed by atoms with Crippen molar-refractivity contribution in [2.45, 2.75) is 51.0 Å². The Morgan fingerprint density at radius 3 is 2.80 bits per heavy atom. The summed E-state index contributed by atoms with van der Waals surface area (Å²) in [6.45, 7) is 0. The summed E-state index contributed by atoms with van der Waals surface area (Å²) in [5.41, 5.74) is 4.03. The molecule has 0 bridgehead atoms. The second-order valence-electron chi connectivity index (χ2n) is 5.93. The Balaban J connectivity index is 1.61. The minimum absolute atomic E-state index is 0.645. The molecule has 0 radical (unpaired) electrons. The Kier molecular flexibility index (Phi) is 3.23. The van der Waals surface area contributed by atoms with Gasteiger partial charge in [0.25, 0.3) is 0 Å². The molecule has 1 N–H and O–H groups in total. The Morgan fingerprint density at radius 2 is 1.90 bits per heavy atom. The maximum absolute atomic E-state index is 4.89. The Hall–Kier alpha value is -1.35. The molecule has 0 amide bonds. The quantitative estimate of drug-likeness (QED) is 0.868. The van der Waals surface area contributed by atoms with Gasteiger partial charge in [0.1, 0.15) is 0 Å². The third kappa shape index (κ3) is 2.24. The second kappa shape index (κ2) is 5.21. The van der Waals surface area contributed by atoms with Crippen molar-refractivity contribution in [1.29, 1.82) is 0 Å². The highest BCUT2D eigenvalue weighted by molar-refractivity contribution is 7.16. The van der Waals surface area contributed by atoms with E-state index >= 15 is 0 Å². The van der Waals surface area contributed by atoms with Gasteiger partial charge in [0, 0.05) is 16.5 Å². The second-order valence-corrected chi connectivity index (χ2v) is 7.01. The summed E-state index contributed by atoms with van der Waals surface area (Å²) < 4.78 is 0. The lowest BCUT2D eigenvalue weighted by molar-refractivity contribution is 0.462. The number of benzene rings is 1. The van der Waals surface area contributed by atoms with Crippen LogP contribution in [0.15, 0.2) is 24.3 Å². The van der Waals surface area contributed by atoms with Crippen molar-refractivity contribution in [2.75, 3.05) is 5.32 Å². The minimum Gasteiger partial charge on any atom is -0.359 e. The normalized spacial score (nSPS) is 18.4. The SMILES string of the molecule is c1ccc2c(c1)CCc1sc(NC3CCCCC3)nc1-2. The topological polar surface area (TPSA) is 24.9 Å². The lowest BCUT2D eigenvalue weighted by Crippen LogP contribution is -2.21. The third-order valence-corrected chi connectivity index (χ3v) is 5.57. The van der Waals surface area contributed by atoms with E-state index in [0.29, 0.717) is 6.04 Å². The molecule has 0 saturated heterocycles. The standard InChI is InChI=1S/C17H20N2S/c1-2-7-13(8-3-1)18-17-19-16-14-9-5-4-6-12(14)10-11-15(16)20-17/h4-6,9,13H,1-3,7-8,10-11H2,(H,18,19). The van der Waals surface area contributed by atoms with Gasteiger partial charge in [-0.05, 0) is 31.2 Å². The Bertz CT molecular complexity index is 611. The van der Waals surface area contributed by atoms with Crippen LogP contribution in [0.25, 0.3) is 11.3 Å². The number of aromatic nitrogens is 1. The van der Waals surface area contributed by atoms with Gasteiger partial charge in [-0.25, -0.2) is 4.98 Å². The van der Waals surface area contributed by atoms with Crippen LogP contribution in [-0.4, -0.2) is 11.0 Å². The number of fused-ring (bicyclic) bond motifs is 3. The fraction of sp³-hybridized carbons (Fsp3) is 0.471. The molecule has 2 aliphatic rings. The first-order valence-electron chi connectivity index (χ1n) is 7.75. The predicted molar refractivity (Wildman–Crippen MR) is 85.5 cm³/mol. The van der Waals surface area contributed by atoms with Gasteiger partial charge in [-0.15, -0.1) is 11.3 Å². The molecule has 2 aromatic rings. The molecule has 1 saturated carbocycles. The van der Waals surface area contributed by atoms with Crippen LogP contribution in [0.3, 0.4) is 0 Å². The van der Waals surface area contributed by atoms with E-state index in [9.17, 15) is 0 Å². The summed E-state index contributed by atoms with van der Waals surface area (Å²) in [5.74, 6) is 0. The number of anilines is 1. The van der Waals surface area contributed by atoms with Gasteiger partial charge < -0.3 is 5.32 Å². The number of thiazole rings is 1. The molecular formula is C17H20N2S. The highest BCUT2D eigenvalue weighted by atomic mass is 32.1. The summed E-state index contributed by atoms with van der Waals surface area (Å²) in [6, 6.07) is 9.37. The van der Waals surface area contributed by atoms with E-state index in [4.69, 9.17) is 4.98 Å². The van der Waals surface area contributed by atoms with Crippen LogP contribution in [0.4, 0.5) is 5.13 Å². The molecule has 2 nitrogen and oxygen atoms in total. The first kappa shape index (κ1) is 12.4. The smallest absolute Gasteiger partial charge is 0.183 e. The van der Waals surface area contributed by atoms with E-state index in [0.717, 1.165) is 18.0 Å². The van der Waals surface area contributed by atoms with Crippen LogP contribution in [0.2, 0.25) is 0 Å². The summed E-state index contributed by atoms with van der Waals surface area (Å²) in [6.07, 6.45) is 9.06. The Labute approximate surface area is 124 Å². The van der Waals surface area contributed by atoms with E-state index in [2.05, 4.69) is 29.6 Å². The van der Waals surface area contributed by atoms with Crippen LogP contribution in [-0.2, 0) is 12.8 Å². The van der Waals surface area contributed by atoms with Crippen molar-refractivity contribution >= 4 is 16.5 Å². The summed E-state index contributed by atoms with van der Waals surface area (Å²) in [7, 11) is 0. The highest BCUT2D eigenvalue weighted by Gasteiger charge is 2.22. The van der Waals surface area contributed by atoms with Crippen LogP contribution in [0, 0.1) is 0 Å². The molecule has 0 aliphatic heterocycles. The summed E-state index contributed by atoms with van der Waals surface area (Å²) in [4.78, 5) is 6.35. The lowest BCUT2D eigenvalue weighted by Gasteiger charge is -2.22. The first-order valence-corrected chi connectivity index (χ1v) is 8.56. The fourth-order valence-corrected chi connectivity index (χ4v) is 4.48. The van der Waals surface area contributed by atoms with Crippen molar-refractivity contribution in [3.05, 3.63) is 34.7 Å². The largest absolute Gasteiger partial charge is 0.359 e. The molecular weight excluding hydrogens is 264 g/mol. The maximum atomic E-state index is 4.89. The molecule has 1 aromatic carbocycles. The molecule has 0 unspecified atom stereocenters. The number of nitrogens with zero attached hydrogens (tertiary/aromatic N) is 1. The molecule has 4 rings (SSSR count). The molecule has 104 valence electrons. The summed E-state index contributed by atoms with van der Waals surface area (Å²) in [5, 5.41) is 4.81. The molecule has 3 heteroatoms. The van der Waals surface area contributed by atoms with Crippen LogP contribution < -0.4 is 5.32 Å². The van der Waals surface area contributed by atoms with Gasteiger partial charge in [0.2, 0.25) is 0 Å². The third-order valence-electron chi connectivity index (χ3n) is 4.52. The van der Waals surface area contributed by atoms with Gasteiger partial charge in [0.05, 0.1) is 5.69 Å². The predicted octanol–water partition coefficient (Wildman–Crippen LogP) is 4.65. The van der Waals surface area contributed by atoms with E-state index in [1.807, 2.05) is 11.3 Å². The van der Waals surface area contributed by atoms with Gasteiger partial charge in [-0.3, -0.25) is 0 Å². The van der Waals surface area contributed by atoms with Crippen LogP contribution >= 0.6 is 11.3 Å². The average Bonchev–Trinajstić information content (AvgIpc) is 2.91. The van der Waals surface area contributed by atoms with Crippen molar-refractivity contribution in [3.8, 4) is 11.3 Å². The van der Waals surface area contributed by atoms with E-state index < -0.39 is 0 Å². The fourth-order valence-electron chi connectivity index (χ4n) is 3.43. The van der Waals surface area contributed by atoms with Gasteiger partial charge in [-0.2, -0.15) is 0 Å². The van der Waals surface area contributed by atoms with Crippen LogP contribution in [0.5, 0.6) is 0 Å². The van der Waals surface area contributed by atoms with E-state index in [1.165, 1.54) is 53.8 Å². The molecule has 2 aliphatic carbocycles. The van der Waals surface area contributed by atoms with E-state index in [-0.39, 0.29) is 0 Å². The van der Waals surface area contributed by atoms with E-state index in [1.54, 1.807) is 0 Å². The van der Waals surface area contributed by atoms with Gasteiger partial charge in [0.15, 0.2) is 5.13 Å². The van der Waals surface area contributed by atoms with Crippen LogP contribution in [0.1, 0.15) is 42.5 Å². The number of rotatable bonds is 2. The number of aryl methyl sites for hydroxylation is 2. The van der Waals surface area contributed by atoms with Gasteiger partial charge in [-0.1, -0.05) is 43.5 Å². The summed E-state index contributed by atoms with van der Waals surface area (Å²) >= 11 is 1.87. The zero-order chi connectivity index (χ0) is 13.4. The lowest BCUT2D eigenvalue weighted by atomic mass is 9.94. The van der Waals surface area contributed by atoms with Crippen molar-refractivity contribution in [2.24, 2.45) is 0 Å². The average molecular weight is 284 g/mol. The number of hydrogen-bond acceptors (Lipinski definition) is 3. The highest BCUT2D eigenvalue weighted by Crippen LogP contribution is 2.38. The number of nitrogens with one attached hydrogen (secondary N) is 1. The zero-order valence-corrected chi connectivity index (χ0v) is 12.5. The zero-order valence-electron chi connectivity index (χ0n) is 11.7. The monoisotopic (exact) mass is 284 g/mol. The molecule has 0 atom stereocenters.